The Labute approximate surface area is 134 Å². The normalized spacial score (nSPS) is 10.0. The Morgan fingerprint density at radius 1 is 0.957 bits per heavy atom. The van der Waals surface area contributed by atoms with Gasteiger partial charge in [-0.3, -0.25) is 14.9 Å². The van der Waals surface area contributed by atoms with Crippen molar-refractivity contribution in [1.29, 1.82) is 0 Å². The summed E-state index contributed by atoms with van der Waals surface area (Å²) in [5, 5.41) is 4.87. The van der Waals surface area contributed by atoms with Crippen molar-refractivity contribution in [3.05, 3.63) is 42.7 Å². The van der Waals surface area contributed by atoms with E-state index in [2.05, 4.69) is 39.3 Å². The van der Waals surface area contributed by atoms with Gasteiger partial charge in [0.05, 0.1) is 0 Å². The molecule has 1 aromatic heterocycles. The van der Waals surface area contributed by atoms with Crippen molar-refractivity contribution < 1.29 is 9.59 Å². The van der Waals surface area contributed by atoms with E-state index in [1.165, 1.54) is 12.4 Å². The Kier molecular flexibility index (Phi) is 5.62. The molecule has 7 heteroatoms. The van der Waals surface area contributed by atoms with Crippen LogP contribution in [0.3, 0.4) is 0 Å². The van der Waals surface area contributed by atoms with E-state index >= 15 is 0 Å². The summed E-state index contributed by atoms with van der Waals surface area (Å²) in [7, 11) is 0. The summed E-state index contributed by atoms with van der Waals surface area (Å²) >= 11 is 0. The summed E-state index contributed by atoms with van der Waals surface area (Å²) in [6.07, 6.45) is 2.96. The Morgan fingerprint density at radius 2 is 1.52 bits per heavy atom. The zero-order valence-electron chi connectivity index (χ0n) is 13.1. The van der Waals surface area contributed by atoms with Gasteiger partial charge in [-0.05, 0) is 44.2 Å². The third-order valence-corrected chi connectivity index (χ3v) is 3.25. The van der Waals surface area contributed by atoms with Crippen LogP contribution in [0.4, 0.5) is 17.3 Å². The lowest BCUT2D eigenvalue weighted by molar-refractivity contribution is -0.133. The van der Waals surface area contributed by atoms with E-state index < -0.39 is 11.8 Å². The number of carbonyl (C=O) groups excluding carboxylic acids is 2. The second kappa shape index (κ2) is 7.88. The number of amides is 2. The monoisotopic (exact) mass is 313 g/mol. The zero-order chi connectivity index (χ0) is 16.7. The van der Waals surface area contributed by atoms with Crippen LogP contribution in [0.2, 0.25) is 0 Å². The maximum Gasteiger partial charge on any atom is 0.316 e. The van der Waals surface area contributed by atoms with Crippen LogP contribution in [0.5, 0.6) is 0 Å². The molecule has 0 atom stereocenters. The van der Waals surface area contributed by atoms with E-state index in [0.717, 1.165) is 18.8 Å². The first-order valence-electron chi connectivity index (χ1n) is 7.38. The van der Waals surface area contributed by atoms with Gasteiger partial charge in [0.15, 0.2) is 0 Å². The van der Waals surface area contributed by atoms with Crippen LogP contribution in [-0.2, 0) is 9.59 Å². The maximum absolute atomic E-state index is 11.9. The van der Waals surface area contributed by atoms with Gasteiger partial charge in [-0.15, -0.1) is 0 Å². The number of hydrogen-bond donors (Lipinski definition) is 2. The second-order valence-electron chi connectivity index (χ2n) is 4.70. The summed E-state index contributed by atoms with van der Waals surface area (Å²) in [5.41, 5.74) is 1.62. The summed E-state index contributed by atoms with van der Waals surface area (Å²) in [6.45, 7) is 5.97. The lowest BCUT2D eigenvalue weighted by Crippen LogP contribution is -2.29. The number of carbonyl (C=O) groups is 2. The van der Waals surface area contributed by atoms with Crippen LogP contribution >= 0.6 is 0 Å². The fourth-order valence-corrected chi connectivity index (χ4v) is 2.05. The first-order chi connectivity index (χ1) is 11.1. The van der Waals surface area contributed by atoms with Gasteiger partial charge in [0, 0.05) is 36.9 Å². The number of nitrogens with zero attached hydrogens (tertiary/aromatic N) is 3. The quantitative estimate of drug-likeness (QED) is 0.823. The first-order valence-corrected chi connectivity index (χ1v) is 7.38. The van der Waals surface area contributed by atoms with E-state index in [1.807, 2.05) is 12.1 Å². The number of rotatable bonds is 5. The van der Waals surface area contributed by atoms with Crippen LogP contribution in [-0.4, -0.2) is 34.9 Å². The van der Waals surface area contributed by atoms with Gasteiger partial charge in [0.25, 0.3) is 0 Å². The molecule has 2 aromatic rings. The highest BCUT2D eigenvalue weighted by Crippen LogP contribution is 2.17. The van der Waals surface area contributed by atoms with Gasteiger partial charge in [0.2, 0.25) is 5.95 Å². The van der Waals surface area contributed by atoms with Gasteiger partial charge < -0.3 is 10.2 Å². The average Bonchev–Trinajstić information content (AvgIpc) is 2.58. The van der Waals surface area contributed by atoms with Gasteiger partial charge in [-0.2, -0.15) is 0 Å². The third-order valence-electron chi connectivity index (χ3n) is 3.25. The Morgan fingerprint density at radius 3 is 2.09 bits per heavy atom. The van der Waals surface area contributed by atoms with Crippen molar-refractivity contribution in [3.63, 3.8) is 0 Å². The minimum atomic E-state index is -0.816. The predicted octanol–water partition coefficient (Wildman–Crippen LogP) is 1.90. The fourth-order valence-electron chi connectivity index (χ4n) is 2.05. The average molecular weight is 313 g/mol. The minimum absolute atomic E-state index is 0.0875. The molecule has 0 aliphatic rings. The summed E-state index contributed by atoms with van der Waals surface area (Å²) < 4.78 is 0. The molecule has 0 saturated heterocycles. The molecule has 1 aromatic carbocycles. The van der Waals surface area contributed by atoms with E-state index in [-0.39, 0.29) is 5.95 Å². The predicted molar refractivity (Wildman–Crippen MR) is 89.3 cm³/mol. The molecular weight excluding hydrogens is 294 g/mol. The third kappa shape index (κ3) is 4.50. The summed E-state index contributed by atoms with van der Waals surface area (Å²) in [4.78, 5) is 33.5. The van der Waals surface area contributed by atoms with Crippen LogP contribution in [0.1, 0.15) is 13.8 Å². The first kappa shape index (κ1) is 16.4. The van der Waals surface area contributed by atoms with Gasteiger partial charge in [0.1, 0.15) is 0 Å². The molecular formula is C16H19N5O2. The topological polar surface area (TPSA) is 87.2 Å². The second-order valence-corrected chi connectivity index (χ2v) is 4.70. The molecule has 23 heavy (non-hydrogen) atoms. The van der Waals surface area contributed by atoms with Gasteiger partial charge >= 0.3 is 11.8 Å². The molecule has 0 saturated carbocycles. The molecule has 1 heterocycles. The number of aromatic nitrogens is 2. The van der Waals surface area contributed by atoms with Crippen LogP contribution in [0.15, 0.2) is 42.7 Å². The number of benzene rings is 1. The van der Waals surface area contributed by atoms with E-state index in [0.29, 0.717) is 5.69 Å². The standard InChI is InChI=1S/C16H19N5O2/c1-3-21(4-2)13-8-6-12(7-9-13)19-14(22)15(23)20-16-17-10-5-11-18-16/h5-11H,3-4H2,1-2H3,(H,19,22)(H,17,18,20,23). The molecule has 2 rings (SSSR count). The lowest BCUT2D eigenvalue weighted by atomic mass is 10.2. The van der Waals surface area contributed by atoms with Crippen LogP contribution < -0.4 is 15.5 Å². The SMILES string of the molecule is CCN(CC)c1ccc(NC(=O)C(=O)Nc2ncccn2)cc1. The largest absolute Gasteiger partial charge is 0.372 e. The van der Waals surface area contributed by atoms with Crippen LogP contribution in [0, 0.1) is 0 Å². The Hall–Kier alpha value is -2.96. The molecule has 0 unspecified atom stereocenters. The van der Waals surface area contributed by atoms with E-state index in [9.17, 15) is 9.59 Å². The van der Waals surface area contributed by atoms with Crippen LogP contribution in [0.25, 0.3) is 0 Å². The molecule has 2 amide bonds. The molecule has 0 aliphatic heterocycles. The molecule has 0 spiro atoms. The van der Waals surface area contributed by atoms with E-state index in [1.54, 1.807) is 18.2 Å². The zero-order valence-corrected chi connectivity index (χ0v) is 13.1. The molecule has 0 fully saturated rings. The number of hydrogen-bond acceptors (Lipinski definition) is 5. The van der Waals surface area contributed by atoms with Crippen molar-refractivity contribution in [2.45, 2.75) is 13.8 Å². The van der Waals surface area contributed by atoms with E-state index in [4.69, 9.17) is 0 Å². The molecule has 2 N–H and O–H groups in total. The number of nitrogens with one attached hydrogen (secondary N) is 2. The highest BCUT2D eigenvalue weighted by molar-refractivity contribution is 6.43. The molecule has 0 bridgehead atoms. The van der Waals surface area contributed by atoms with Crippen molar-refractivity contribution >= 4 is 29.1 Å². The smallest absolute Gasteiger partial charge is 0.316 e. The van der Waals surface area contributed by atoms with Crippen molar-refractivity contribution in [1.82, 2.24) is 9.97 Å². The number of anilines is 3. The summed E-state index contributed by atoms with van der Waals surface area (Å²) in [6, 6.07) is 8.95. The molecule has 7 nitrogen and oxygen atoms in total. The van der Waals surface area contributed by atoms with Crippen molar-refractivity contribution in [2.24, 2.45) is 0 Å². The maximum atomic E-state index is 11.9. The fraction of sp³-hybridized carbons (Fsp3) is 0.250. The lowest BCUT2D eigenvalue weighted by Gasteiger charge is -2.21. The van der Waals surface area contributed by atoms with Gasteiger partial charge in [-0.25, -0.2) is 9.97 Å². The molecule has 0 aliphatic carbocycles. The molecule has 0 radical (unpaired) electrons. The Bertz CT molecular complexity index is 654. The Balaban J connectivity index is 1.96. The minimum Gasteiger partial charge on any atom is -0.372 e. The van der Waals surface area contributed by atoms with Crippen molar-refractivity contribution in [3.8, 4) is 0 Å². The highest BCUT2D eigenvalue weighted by atomic mass is 16.2. The summed E-state index contributed by atoms with van der Waals surface area (Å²) in [5.74, 6) is -1.50. The van der Waals surface area contributed by atoms with Crippen molar-refractivity contribution in [2.75, 3.05) is 28.6 Å². The van der Waals surface area contributed by atoms with Gasteiger partial charge in [-0.1, -0.05) is 0 Å². The highest BCUT2D eigenvalue weighted by Gasteiger charge is 2.15. The molecule has 120 valence electrons.